The Morgan fingerprint density at radius 1 is 1.32 bits per heavy atom. The fourth-order valence-corrected chi connectivity index (χ4v) is 3.91. The number of para-hydroxylation sites is 1. The minimum atomic E-state index is -3.54. The first-order valence-electron chi connectivity index (χ1n) is 7.57. The minimum Gasteiger partial charge on any atom is -0.325 e. The summed E-state index contributed by atoms with van der Waals surface area (Å²) >= 11 is 0. The zero-order chi connectivity index (χ0) is 15.7. The Balaban J connectivity index is 1.78. The second kappa shape index (κ2) is 5.76. The van der Waals surface area contributed by atoms with Crippen molar-refractivity contribution in [1.82, 2.24) is 5.32 Å². The fraction of sp³-hybridized carbons (Fsp3) is 0.438. The molecule has 0 bridgehead atoms. The second-order valence-electron chi connectivity index (χ2n) is 5.94. The van der Waals surface area contributed by atoms with Gasteiger partial charge >= 0.3 is 0 Å². The first-order valence-corrected chi connectivity index (χ1v) is 9.07. The summed E-state index contributed by atoms with van der Waals surface area (Å²) in [7, 11) is -2.02. The van der Waals surface area contributed by atoms with E-state index >= 15 is 0 Å². The molecule has 1 amide bonds. The van der Waals surface area contributed by atoms with E-state index in [1.165, 1.54) is 30.6 Å². The number of hydrogen-bond acceptors (Lipinski definition) is 3. The number of nitrogens with one attached hydrogen (secondary N) is 1. The number of rotatable bonds is 4. The summed E-state index contributed by atoms with van der Waals surface area (Å²) in [6.45, 7) is 0. The molecular weight excluding hydrogens is 300 g/mol. The van der Waals surface area contributed by atoms with E-state index in [-0.39, 0.29) is 5.91 Å². The number of anilines is 1. The van der Waals surface area contributed by atoms with Crippen LogP contribution >= 0.6 is 0 Å². The predicted octanol–water partition coefficient (Wildman–Crippen LogP) is 2.46. The van der Waals surface area contributed by atoms with Gasteiger partial charge in [-0.3, -0.25) is 9.10 Å². The SMILES string of the molecule is CN1c2ccccc2C(NC(=O)CCC2CCC2)=CS1(=O)=O. The molecule has 0 radical (unpaired) electrons. The summed E-state index contributed by atoms with van der Waals surface area (Å²) in [5.41, 5.74) is 1.68. The van der Waals surface area contributed by atoms with E-state index in [0.29, 0.717) is 23.7 Å². The van der Waals surface area contributed by atoms with Crippen LogP contribution in [0.4, 0.5) is 5.69 Å². The van der Waals surface area contributed by atoms with Crippen molar-refractivity contribution >= 4 is 27.3 Å². The van der Waals surface area contributed by atoms with Crippen LogP contribution in [0.5, 0.6) is 0 Å². The van der Waals surface area contributed by atoms with Crippen molar-refractivity contribution < 1.29 is 13.2 Å². The number of amides is 1. The molecule has 1 saturated carbocycles. The molecule has 118 valence electrons. The quantitative estimate of drug-likeness (QED) is 0.926. The Kier molecular flexibility index (Phi) is 3.95. The Morgan fingerprint density at radius 3 is 2.73 bits per heavy atom. The molecule has 22 heavy (non-hydrogen) atoms. The van der Waals surface area contributed by atoms with Crippen molar-refractivity contribution in [1.29, 1.82) is 0 Å². The maximum Gasteiger partial charge on any atom is 0.259 e. The van der Waals surface area contributed by atoms with Crippen molar-refractivity contribution in [3.8, 4) is 0 Å². The standard InChI is InChI=1S/C16H20N2O3S/c1-18-15-8-3-2-7-13(15)14(11-22(18,20)21)17-16(19)10-9-12-5-4-6-12/h2-3,7-8,11-12H,4-6,9-10H2,1H3,(H,17,19). The van der Waals surface area contributed by atoms with E-state index in [2.05, 4.69) is 5.32 Å². The van der Waals surface area contributed by atoms with E-state index in [0.717, 1.165) is 17.4 Å². The van der Waals surface area contributed by atoms with Gasteiger partial charge in [0, 0.05) is 19.0 Å². The van der Waals surface area contributed by atoms with Crippen molar-refractivity contribution in [3.05, 3.63) is 35.2 Å². The maximum absolute atomic E-state index is 12.2. The Labute approximate surface area is 131 Å². The molecule has 6 heteroatoms. The molecular formula is C16H20N2O3S. The van der Waals surface area contributed by atoms with Gasteiger partial charge in [-0.05, 0) is 18.4 Å². The first-order chi connectivity index (χ1) is 10.5. The molecule has 1 aromatic rings. The fourth-order valence-electron chi connectivity index (χ4n) is 2.83. The van der Waals surface area contributed by atoms with Crippen LogP contribution in [0.1, 0.15) is 37.7 Å². The highest BCUT2D eigenvalue weighted by Crippen LogP contribution is 2.33. The highest BCUT2D eigenvalue weighted by molar-refractivity contribution is 7.95. The zero-order valence-corrected chi connectivity index (χ0v) is 13.4. The number of nitrogens with zero attached hydrogens (tertiary/aromatic N) is 1. The highest BCUT2D eigenvalue weighted by Gasteiger charge is 2.27. The van der Waals surface area contributed by atoms with Crippen molar-refractivity contribution in [3.63, 3.8) is 0 Å². The molecule has 0 atom stereocenters. The molecule has 1 heterocycles. The van der Waals surface area contributed by atoms with Gasteiger partial charge in [0.2, 0.25) is 5.91 Å². The van der Waals surface area contributed by atoms with E-state index < -0.39 is 10.0 Å². The molecule has 0 aromatic heterocycles. The molecule has 1 aliphatic heterocycles. The van der Waals surface area contributed by atoms with E-state index in [1.54, 1.807) is 12.1 Å². The van der Waals surface area contributed by atoms with Crippen LogP contribution in [-0.4, -0.2) is 21.4 Å². The van der Waals surface area contributed by atoms with Crippen molar-refractivity contribution in [2.75, 3.05) is 11.4 Å². The average Bonchev–Trinajstić information content (AvgIpc) is 2.43. The average molecular weight is 320 g/mol. The molecule has 1 aromatic carbocycles. The monoisotopic (exact) mass is 320 g/mol. The van der Waals surface area contributed by atoms with E-state index in [4.69, 9.17) is 0 Å². The lowest BCUT2D eigenvalue weighted by atomic mass is 9.82. The third-order valence-corrected chi connectivity index (χ3v) is 5.95. The van der Waals surface area contributed by atoms with Crippen LogP contribution in [0.25, 0.3) is 5.70 Å². The maximum atomic E-state index is 12.2. The van der Waals surface area contributed by atoms with Gasteiger partial charge in [0.15, 0.2) is 0 Å². The summed E-state index contributed by atoms with van der Waals surface area (Å²) in [6.07, 6.45) is 5.00. The van der Waals surface area contributed by atoms with Gasteiger partial charge in [-0.2, -0.15) is 0 Å². The number of carbonyl (C=O) groups excluding carboxylic acids is 1. The van der Waals surface area contributed by atoms with Crippen LogP contribution in [0.3, 0.4) is 0 Å². The summed E-state index contributed by atoms with van der Waals surface area (Å²) in [5, 5.41) is 3.91. The zero-order valence-electron chi connectivity index (χ0n) is 12.6. The van der Waals surface area contributed by atoms with Gasteiger partial charge in [-0.15, -0.1) is 0 Å². The first kappa shape index (κ1) is 15.1. The summed E-state index contributed by atoms with van der Waals surface area (Å²) < 4.78 is 25.5. The molecule has 5 nitrogen and oxygen atoms in total. The van der Waals surface area contributed by atoms with Gasteiger partial charge in [0.1, 0.15) is 0 Å². The van der Waals surface area contributed by atoms with Gasteiger partial charge in [0.25, 0.3) is 10.0 Å². The molecule has 3 rings (SSSR count). The summed E-state index contributed by atoms with van der Waals surface area (Å²) in [5.74, 6) is 0.543. The van der Waals surface area contributed by atoms with Gasteiger partial charge < -0.3 is 5.32 Å². The topological polar surface area (TPSA) is 66.5 Å². The lowest BCUT2D eigenvalue weighted by Gasteiger charge is -2.27. The molecule has 1 N–H and O–H groups in total. The third-order valence-electron chi connectivity index (χ3n) is 4.46. The molecule has 1 aliphatic carbocycles. The minimum absolute atomic E-state index is 0.118. The number of hydrogen-bond donors (Lipinski definition) is 1. The summed E-state index contributed by atoms with van der Waals surface area (Å²) in [4.78, 5) is 12.1. The van der Waals surface area contributed by atoms with Gasteiger partial charge in [-0.25, -0.2) is 8.42 Å². The smallest absolute Gasteiger partial charge is 0.259 e. The predicted molar refractivity (Wildman–Crippen MR) is 86.5 cm³/mol. The molecule has 0 saturated heterocycles. The number of carbonyl (C=O) groups is 1. The normalized spacial score (nSPS) is 19.9. The van der Waals surface area contributed by atoms with Crippen LogP contribution in [0.15, 0.2) is 29.7 Å². The van der Waals surface area contributed by atoms with Crippen LogP contribution in [0.2, 0.25) is 0 Å². The number of benzene rings is 1. The molecule has 2 aliphatic rings. The van der Waals surface area contributed by atoms with Gasteiger partial charge in [-0.1, -0.05) is 37.5 Å². The molecule has 1 fully saturated rings. The molecule has 0 spiro atoms. The van der Waals surface area contributed by atoms with Crippen LogP contribution < -0.4 is 9.62 Å². The third kappa shape index (κ3) is 2.88. The Bertz CT molecular complexity index is 721. The Hall–Kier alpha value is -1.82. The van der Waals surface area contributed by atoms with E-state index in [9.17, 15) is 13.2 Å². The molecule has 0 unspecified atom stereocenters. The lowest BCUT2D eigenvalue weighted by molar-refractivity contribution is -0.120. The highest BCUT2D eigenvalue weighted by atomic mass is 32.2. The van der Waals surface area contributed by atoms with Crippen molar-refractivity contribution in [2.45, 2.75) is 32.1 Å². The number of sulfonamides is 1. The van der Waals surface area contributed by atoms with Crippen molar-refractivity contribution in [2.24, 2.45) is 5.92 Å². The summed E-state index contributed by atoms with van der Waals surface area (Å²) in [6, 6.07) is 7.17. The lowest BCUT2D eigenvalue weighted by Crippen LogP contribution is -2.32. The second-order valence-corrected chi connectivity index (χ2v) is 7.76. The Morgan fingerprint density at radius 2 is 2.05 bits per heavy atom. The number of fused-ring (bicyclic) bond motifs is 1. The van der Waals surface area contributed by atoms with Crippen LogP contribution in [-0.2, 0) is 14.8 Å². The van der Waals surface area contributed by atoms with E-state index in [1.807, 2.05) is 12.1 Å². The van der Waals surface area contributed by atoms with Gasteiger partial charge in [0.05, 0.1) is 16.8 Å². The van der Waals surface area contributed by atoms with Crippen LogP contribution in [0, 0.1) is 5.92 Å². The largest absolute Gasteiger partial charge is 0.325 e.